The number of benzene rings is 1. The molecule has 1 aromatic heterocycles. The molecule has 2 aromatic rings. The number of anilines is 1. The second-order valence-corrected chi connectivity index (χ2v) is 8.05. The van der Waals surface area contributed by atoms with Crippen molar-refractivity contribution in [2.45, 2.75) is 46.0 Å². The highest BCUT2D eigenvalue weighted by atomic mass is 15.0. The van der Waals surface area contributed by atoms with Gasteiger partial charge in [0, 0.05) is 44.0 Å². The van der Waals surface area contributed by atoms with Gasteiger partial charge in [0.1, 0.15) is 11.6 Å². The van der Waals surface area contributed by atoms with Gasteiger partial charge in [0.05, 0.1) is 5.69 Å². The molecule has 1 aliphatic rings. The lowest BCUT2D eigenvalue weighted by Crippen LogP contribution is -2.29. The summed E-state index contributed by atoms with van der Waals surface area (Å²) in [5.41, 5.74) is 3.91. The van der Waals surface area contributed by atoms with E-state index in [2.05, 4.69) is 62.6 Å². The van der Waals surface area contributed by atoms with Crippen LogP contribution in [0, 0.1) is 5.41 Å². The minimum Gasteiger partial charge on any atom is -0.373 e. The normalized spacial score (nSPS) is 19.0. The quantitative estimate of drug-likeness (QED) is 0.890. The van der Waals surface area contributed by atoms with Crippen molar-refractivity contribution in [3.8, 4) is 0 Å². The fraction of sp³-hybridized carbons (Fsp3) is 0.524. The maximum atomic E-state index is 5.03. The zero-order valence-corrected chi connectivity index (χ0v) is 16.1. The zero-order chi connectivity index (χ0) is 18.0. The van der Waals surface area contributed by atoms with Crippen LogP contribution in [-0.4, -0.2) is 30.1 Å². The van der Waals surface area contributed by atoms with Crippen molar-refractivity contribution in [3.63, 3.8) is 0 Å². The predicted molar refractivity (Wildman–Crippen MR) is 104 cm³/mol. The van der Waals surface area contributed by atoms with Crippen LogP contribution in [0.5, 0.6) is 0 Å². The molecule has 0 bridgehead atoms. The predicted octanol–water partition coefficient (Wildman–Crippen LogP) is 3.95. The molecule has 0 aliphatic carbocycles. The van der Waals surface area contributed by atoms with Crippen molar-refractivity contribution >= 4 is 5.82 Å². The zero-order valence-electron chi connectivity index (χ0n) is 16.1. The molecule has 2 atom stereocenters. The number of fused-ring (bicyclic) bond motifs is 1. The molecule has 2 heterocycles. The Labute approximate surface area is 151 Å². The third-order valence-corrected chi connectivity index (χ3v) is 5.25. The monoisotopic (exact) mass is 338 g/mol. The number of nitrogens with one attached hydrogen (secondary N) is 2. The third-order valence-electron chi connectivity index (χ3n) is 5.25. The first-order valence-corrected chi connectivity index (χ1v) is 9.26. The number of hydrogen-bond acceptors (Lipinski definition) is 4. The topological polar surface area (TPSA) is 49.8 Å². The maximum absolute atomic E-state index is 5.03. The van der Waals surface area contributed by atoms with Crippen molar-refractivity contribution in [2.75, 3.05) is 25.5 Å². The lowest BCUT2D eigenvalue weighted by molar-refractivity contribution is 0.313. The van der Waals surface area contributed by atoms with Gasteiger partial charge in [-0.25, -0.2) is 9.97 Å². The van der Waals surface area contributed by atoms with E-state index in [1.54, 1.807) is 0 Å². The number of rotatable bonds is 3. The molecule has 134 valence electrons. The Hall–Kier alpha value is -1.94. The molecule has 1 aliphatic heterocycles. The number of aromatic nitrogens is 2. The van der Waals surface area contributed by atoms with Crippen LogP contribution >= 0.6 is 0 Å². The molecule has 0 saturated carbocycles. The molecule has 0 fully saturated rings. The first kappa shape index (κ1) is 17.9. The van der Waals surface area contributed by atoms with Gasteiger partial charge in [0.25, 0.3) is 0 Å². The van der Waals surface area contributed by atoms with Crippen molar-refractivity contribution in [3.05, 3.63) is 53.0 Å². The summed E-state index contributed by atoms with van der Waals surface area (Å²) >= 11 is 0. The minimum absolute atomic E-state index is 0.160. The van der Waals surface area contributed by atoms with Crippen molar-refractivity contribution < 1.29 is 0 Å². The summed E-state index contributed by atoms with van der Waals surface area (Å²) < 4.78 is 0. The van der Waals surface area contributed by atoms with Gasteiger partial charge in [-0.05, 0) is 11.0 Å². The van der Waals surface area contributed by atoms with E-state index in [1.807, 2.05) is 13.1 Å². The first-order chi connectivity index (χ1) is 11.9. The summed E-state index contributed by atoms with van der Waals surface area (Å²) in [5.74, 6) is 2.48. The molecule has 3 rings (SSSR count). The first-order valence-electron chi connectivity index (χ1n) is 9.26. The molecule has 2 unspecified atom stereocenters. The highest BCUT2D eigenvalue weighted by Crippen LogP contribution is 2.40. The summed E-state index contributed by atoms with van der Waals surface area (Å²) in [6.07, 6.45) is 0.952. The Morgan fingerprint density at radius 2 is 1.88 bits per heavy atom. The van der Waals surface area contributed by atoms with Gasteiger partial charge < -0.3 is 10.6 Å². The van der Waals surface area contributed by atoms with Crippen LogP contribution in [0.25, 0.3) is 0 Å². The van der Waals surface area contributed by atoms with Crippen molar-refractivity contribution in [1.29, 1.82) is 0 Å². The minimum atomic E-state index is 0.160. The van der Waals surface area contributed by atoms with E-state index in [1.165, 1.54) is 16.8 Å². The summed E-state index contributed by atoms with van der Waals surface area (Å²) in [5, 5.41) is 6.94. The molecule has 0 radical (unpaired) electrons. The van der Waals surface area contributed by atoms with Gasteiger partial charge in [-0.1, -0.05) is 58.0 Å². The molecule has 0 saturated heterocycles. The number of nitrogens with zero attached hydrogens (tertiary/aromatic N) is 2. The van der Waals surface area contributed by atoms with Crippen LogP contribution in [0.3, 0.4) is 0 Å². The van der Waals surface area contributed by atoms with Gasteiger partial charge in [-0.15, -0.1) is 0 Å². The largest absolute Gasteiger partial charge is 0.373 e. The molecular formula is C21H30N4. The van der Waals surface area contributed by atoms with Crippen LogP contribution in [0.4, 0.5) is 5.82 Å². The van der Waals surface area contributed by atoms with E-state index in [9.17, 15) is 0 Å². The molecule has 0 amide bonds. The molecular weight excluding hydrogens is 308 g/mol. The van der Waals surface area contributed by atoms with Crippen molar-refractivity contribution in [1.82, 2.24) is 15.3 Å². The van der Waals surface area contributed by atoms with Gasteiger partial charge in [-0.3, -0.25) is 0 Å². The average Bonchev–Trinajstić information content (AvgIpc) is 2.83. The summed E-state index contributed by atoms with van der Waals surface area (Å²) in [6.45, 7) is 11.0. The summed E-state index contributed by atoms with van der Waals surface area (Å²) in [4.78, 5) is 9.97. The van der Waals surface area contributed by atoms with E-state index < -0.39 is 0 Å². The second kappa shape index (κ2) is 7.12. The third kappa shape index (κ3) is 3.69. The Bertz CT molecular complexity index is 719. The lowest BCUT2D eigenvalue weighted by atomic mass is 9.76. The molecule has 25 heavy (non-hydrogen) atoms. The van der Waals surface area contributed by atoms with Gasteiger partial charge in [0.15, 0.2) is 0 Å². The Kier molecular flexibility index (Phi) is 5.09. The van der Waals surface area contributed by atoms with Gasteiger partial charge in [0.2, 0.25) is 0 Å². The highest BCUT2D eigenvalue weighted by Gasteiger charge is 2.33. The van der Waals surface area contributed by atoms with E-state index in [4.69, 9.17) is 9.97 Å². The standard InChI is InChI=1S/C21H30N4/c1-14(15-9-7-6-8-10-15)19-24-17-11-12-23-13-16(21(2,3)4)18(17)20(22-5)25-19/h6-10,14,16,23H,11-13H2,1-5H3,(H,22,24,25). The van der Waals surface area contributed by atoms with E-state index in [0.717, 1.165) is 31.2 Å². The Morgan fingerprint density at radius 1 is 1.16 bits per heavy atom. The molecule has 4 nitrogen and oxygen atoms in total. The van der Waals surface area contributed by atoms with Crippen LogP contribution in [0.2, 0.25) is 0 Å². The Balaban J connectivity index is 2.09. The number of hydrogen-bond donors (Lipinski definition) is 2. The Morgan fingerprint density at radius 3 is 2.52 bits per heavy atom. The summed E-state index contributed by atoms with van der Waals surface area (Å²) in [7, 11) is 1.97. The lowest BCUT2D eigenvalue weighted by Gasteiger charge is -2.32. The van der Waals surface area contributed by atoms with Crippen LogP contribution in [0.15, 0.2) is 30.3 Å². The average molecular weight is 338 g/mol. The summed E-state index contributed by atoms with van der Waals surface area (Å²) in [6, 6.07) is 10.5. The van der Waals surface area contributed by atoms with E-state index in [0.29, 0.717) is 5.92 Å². The molecule has 0 spiro atoms. The second-order valence-electron chi connectivity index (χ2n) is 8.05. The van der Waals surface area contributed by atoms with Gasteiger partial charge in [-0.2, -0.15) is 0 Å². The highest BCUT2D eigenvalue weighted by molar-refractivity contribution is 5.51. The molecule has 1 aromatic carbocycles. The maximum Gasteiger partial charge on any atom is 0.138 e. The fourth-order valence-corrected chi connectivity index (χ4v) is 3.66. The fourth-order valence-electron chi connectivity index (χ4n) is 3.66. The van der Waals surface area contributed by atoms with Crippen LogP contribution < -0.4 is 10.6 Å². The van der Waals surface area contributed by atoms with Crippen molar-refractivity contribution in [2.24, 2.45) is 5.41 Å². The SMILES string of the molecule is CNc1nc(C(C)c2ccccc2)nc2c1C(C(C)(C)C)CNCC2. The smallest absolute Gasteiger partial charge is 0.138 e. The molecule has 2 N–H and O–H groups in total. The van der Waals surface area contributed by atoms with Crippen LogP contribution in [-0.2, 0) is 6.42 Å². The van der Waals surface area contributed by atoms with E-state index in [-0.39, 0.29) is 11.3 Å². The van der Waals surface area contributed by atoms with Gasteiger partial charge >= 0.3 is 0 Å². The molecule has 4 heteroatoms. The van der Waals surface area contributed by atoms with Crippen LogP contribution in [0.1, 0.15) is 62.2 Å². The van der Waals surface area contributed by atoms with E-state index >= 15 is 0 Å².